The molecular formula is C30H42O3. The molecule has 1 fully saturated rings. The van der Waals surface area contributed by atoms with Crippen molar-refractivity contribution in [1.29, 1.82) is 0 Å². The molecular weight excluding hydrogens is 408 g/mol. The van der Waals surface area contributed by atoms with Gasteiger partial charge in [-0.15, -0.1) is 6.58 Å². The molecule has 3 heteroatoms. The molecule has 1 saturated heterocycles. The molecule has 0 N–H and O–H groups in total. The first-order valence-electron chi connectivity index (χ1n) is 13.0. The second-order valence-corrected chi connectivity index (χ2v) is 9.20. The summed E-state index contributed by atoms with van der Waals surface area (Å²) in [5, 5.41) is 0. The minimum absolute atomic E-state index is 0.249. The van der Waals surface area contributed by atoms with E-state index in [1.165, 1.54) is 56.1 Å². The zero-order valence-corrected chi connectivity index (χ0v) is 20.5. The number of hydrogen-bond acceptors (Lipinski definition) is 3. The van der Waals surface area contributed by atoms with E-state index < -0.39 is 0 Å². The lowest BCUT2D eigenvalue weighted by atomic mass is 10.0. The third-order valence-electron chi connectivity index (χ3n) is 6.37. The van der Waals surface area contributed by atoms with Crippen LogP contribution in [0.1, 0.15) is 83.0 Å². The van der Waals surface area contributed by atoms with Crippen molar-refractivity contribution in [2.75, 3.05) is 19.8 Å². The van der Waals surface area contributed by atoms with Gasteiger partial charge in [-0.25, -0.2) is 0 Å². The number of allylic oxidation sites excluding steroid dienone is 1. The predicted octanol–water partition coefficient (Wildman–Crippen LogP) is 8.50. The van der Waals surface area contributed by atoms with Gasteiger partial charge in [0.2, 0.25) is 0 Å². The van der Waals surface area contributed by atoms with Crippen molar-refractivity contribution in [3.8, 4) is 16.9 Å². The Balaban J connectivity index is 1.39. The second-order valence-electron chi connectivity index (χ2n) is 9.20. The number of ether oxygens (including phenoxy) is 3. The Bertz CT molecular complexity index is 773. The predicted molar refractivity (Wildman–Crippen MR) is 138 cm³/mol. The summed E-state index contributed by atoms with van der Waals surface area (Å²) in [5.41, 5.74) is 3.47. The van der Waals surface area contributed by atoms with E-state index in [1.807, 2.05) is 6.08 Å². The van der Waals surface area contributed by atoms with Crippen LogP contribution in [-0.2, 0) is 9.47 Å². The van der Waals surface area contributed by atoms with Crippen LogP contribution in [0.15, 0.2) is 61.2 Å². The van der Waals surface area contributed by atoms with E-state index >= 15 is 0 Å². The topological polar surface area (TPSA) is 27.7 Å². The Kier molecular flexibility index (Phi) is 11.5. The van der Waals surface area contributed by atoms with Crippen molar-refractivity contribution >= 4 is 0 Å². The largest absolute Gasteiger partial charge is 0.494 e. The van der Waals surface area contributed by atoms with Gasteiger partial charge < -0.3 is 14.2 Å². The van der Waals surface area contributed by atoms with Crippen molar-refractivity contribution in [3.05, 3.63) is 66.7 Å². The van der Waals surface area contributed by atoms with Crippen molar-refractivity contribution in [1.82, 2.24) is 0 Å². The second kappa shape index (κ2) is 14.9. The van der Waals surface area contributed by atoms with Gasteiger partial charge >= 0.3 is 0 Å². The summed E-state index contributed by atoms with van der Waals surface area (Å²) < 4.78 is 17.9. The molecule has 0 spiro atoms. The Morgan fingerprint density at radius 1 is 0.818 bits per heavy atom. The molecule has 1 aliphatic heterocycles. The maximum absolute atomic E-state index is 6.01. The van der Waals surface area contributed by atoms with Crippen LogP contribution < -0.4 is 4.74 Å². The molecule has 1 aliphatic rings. The lowest BCUT2D eigenvalue weighted by molar-refractivity contribution is -0.206. The monoisotopic (exact) mass is 450 g/mol. The van der Waals surface area contributed by atoms with Crippen molar-refractivity contribution in [2.24, 2.45) is 5.92 Å². The Morgan fingerprint density at radius 3 is 2.12 bits per heavy atom. The molecule has 33 heavy (non-hydrogen) atoms. The van der Waals surface area contributed by atoms with E-state index in [4.69, 9.17) is 14.2 Å². The lowest BCUT2D eigenvalue weighted by Gasteiger charge is -2.29. The summed E-state index contributed by atoms with van der Waals surface area (Å²) in [5.74, 6) is 1.46. The molecule has 2 aromatic carbocycles. The number of rotatable bonds is 15. The summed E-state index contributed by atoms with van der Waals surface area (Å²) in [6.07, 6.45) is 14.1. The van der Waals surface area contributed by atoms with Crippen molar-refractivity contribution in [3.63, 3.8) is 0 Å². The highest BCUT2D eigenvalue weighted by atomic mass is 16.7. The van der Waals surface area contributed by atoms with Gasteiger partial charge in [0, 0.05) is 11.5 Å². The molecule has 1 heterocycles. The fourth-order valence-electron chi connectivity index (χ4n) is 4.27. The number of unbranched alkanes of at least 4 members (excludes halogenated alkanes) is 7. The average Bonchev–Trinajstić information content (AvgIpc) is 2.87. The smallest absolute Gasteiger partial charge is 0.183 e. The molecule has 0 atom stereocenters. The highest BCUT2D eigenvalue weighted by Gasteiger charge is 2.23. The Hall–Kier alpha value is -2.10. The van der Waals surface area contributed by atoms with Gasteiger partial charge in [0.05, 0.1) is 19.8 Å². The molecule has 0 aromatic heterocycles. The fraction of sp³-hybridized carbons (Fsp3) is 0.533. The van der Waals surface area contributed by atoms with E-state index in [1.54, 1.807) is 0 Å². The molecule has 0 saturated carbocycles. The van der Waals surface area contributed by atoms with Crippen LogP contribution in [0.3, 0.4) is 0 Å². The van der Waals surface area contributed by atoms with Gasteiger partial charge in [0.25, 0.3) is 0 Å². The zero-order chi connectivity index (χ0) is 23.1. The fourth-order valence-corrected chi connectivity index (χ4v) is 4.27. The highest BCUT2D eigenvalue weighted by molar-refractivity contribution is 5.64. The van der Waals surface area contributed by atoms with E-state index in [-0.39, 0.29) is 6.29 Å². The molecule has 0 bridgehead atoms. The Labute approximate surface area is 201 Å². The third kappa shape index (κ3) is 8.98. The van der Waals surface area contributed by atoms with E-state index in [0.717, 1.165) is 50.4 Å². The highest BCUT2D eigenvalue weighted by Crippen LogP contribution is 2.29. The van der Waals surface area contributed by atoms with Crippen LogP contribution in [0, 0.1) is 5.92 Å². The van der Waals surface area contributed by atoms with Crippen LogP contribution >= 0.6 is 0 Å². The summed E-state index contributed by atoms with van der Waals surface area (Å²) in [4.78, 5) is 0. The normalized spacial score (nSPS) is 18.2. The minimum atomic E-state index is -0.249. The summed E-state index contributed by atoms with van der Waals surface area (Å²) >= 11 is 0. The van der Waals surface area contributed by atoms with Crippen molar-refractivity contribution in [2.45, 2.75) is 77.4 Å². The maximum Gasteiger partial charge on any atom is 0.183 e. The average molecular weight is 451 g/mol. The van der Waals surface area contributed by atoms with Crippen LogP contribution in [0.25, 0.3) is 11.1 Å². The maximum atomic E-state index is 6.01. The molecule has 3 nitrogen and oxygen atoms in total. The van der Waals surface area contributed by atoms with Crippen LogP contribution in [0.5, 0.6) is 5.75 Å². The van der Waals surface area contributed by atoms with Gasteiger partial charge in [0.1, 0.15) is 5.75 Å². The van der Waals surface area contributed by atoms with Gasteiger partial charge in [0.15, 0.2) is 6.29 Å². The first-order chi connectivity index (χ1) is 16.3. The standard InChI is InChI=1S/C30H42O3/c1-3-5-7-9-10-12-22-31-29-20-18-27(19-21-29)26-14-16-28(17-15-26)30-32-23-25(24-33-30)13-11-8-6-4-2/h4,14-21,25,30H,2-3,5-13,22-24H2,1H3/t25-,30-. The zero-order valence-electron chi connectivity index (χ0n) is 20.5. The van der Waals surface area contributed by atoms with Crippen LogP contribution in [0.4, 0.5) is 0 Å². The first-order valence-corrected chi connectivity index (χ1v) is 13.0. The van der Waals surface area contributed by atoms with E-state index in [9.17, 15) is 0 Å². The van der Waals surface area contributed by atoms with E-state index in [2.05, 4.69) is 62.0 Å². The van der Waals surface area contributed by atoms with Gasteiger partial charge in [-0.05, 0) is 48.9 Å². The number of benzene rings is 2. The quantitative estimate of drug-likeness (QED) is 0.201. The van der Waals surface area contributed by atoms with Gasteiger partial charge in [-0.1, -0.05) is 87.9 Å². The summed E-state index contributed by atoms with van der Waals surface area (Å²) in [7, 11) is 0. The summed E-state index contributed by atoms with van der Waals surface area (Å²) in [6.45, 7) is 8.40. The third-order valence-corrected chi connectivity index (χ3v) is 6.37. The molecule has 0 aliphatic carbocycles. The first kappa shape index (κ1) is 25.5. The molecule has 3 rings (SSSR count). The minimum Gasteiger partial charge on any atom is -0.494 e. The van der Waals surface area contributed by atoms with Crippen LogP contribution in [0.2, 0.25) is 0 Å². The molecule has 0 amide bonds. The van der Waals surface area contributed by atoms with E-state index in [0.29, 0.717) is 5.92 Å². The Morgan fingerprint density at radius 2 is 1.45 bits per heavy atom. The molecule has 0 unspecified atom stereocenters. The SMILES string of the molecule is C=CCCCC[C@H]1CO[C@H](c2ccc(-c3ccc(OCCCCCCCC)cc3)cc2)OC1. The molecule has 180 valence electrons. The lowest BCUT2D eigenvalue weighted by Crippen LogP contribution is -2.27. The summed E-state index contributed by atoms with van der Waals surface area (Å²) in [6, 6.07) is 16.9. The van der Waals surface area contributed by atoms with Gasteiger partial charge in [-0.3, -0.25) is 0 Å². The number of hydrogen-bond donors (Lipinski definition) is 0. The van der Waals surface area contributed by atoms with Crippen molar-refractivity contribution < 1.29 is 14.2 Å². The van der Waals surface area contributed by atoms with Crippen LogP contribution in [-0.4, -0.2) is 19.8 Å². The molecule has 0 radical (unpaired) electrons. The molecule has 2 aromatic rings. The van der Waals surface area contributed by atoms with Gasteiger partial charge in [-0.2, -0.15) is 0 Å².